The highest BCUT2D eigenvalue weighted by Crippen LogP contribution is 2.29. The van der Waals surface area contributed by atoms with Crippen LogP contribution in [0.5, 0.6) is 0 Å². The van der Waals surface area contributed by atoms with E-state index in [0.717, 1.165) is 33.4 Å². The first kappa shape index (κ1) is 28.2. The highest BCUT2D eigenvalue weighted by molar-refractivity contribution is 7.80. The van der Waals surface area contributed by atoms with Crippen LogP contribution < -0.4 is 27.0 Å². The molecule has 2 aromatic carbocycles. The molecule has 4 rings (SSSR count). The molecule has 0 aliphatic rings. The number of benzene rings is 2. The van der Waals surface area contributed by atoms with Crippen LogP contribution in [0.3, 0.4) is 0 Å². The Morgan fingerprint density at radius 3 is 2.27 bits per heavy atom. The summed E-state index contributed by atoms with van der Waals surface area (Å²) in [6, 6.07) is 16.0. The monoisotopic (exact) mass is 562 g/mol. The number of hydrogen-bond acceptors (Lipinski definition) is 8. The first-order valence-electron chi connectivity index (χ1n) is 12.5. The van der Waals surface area contributed by atoms with E-state index < -0.39 is 17.8 Å². The van der Waals surface area contributed by atoms with Crippen LogP contribution in [0.15, 0.2) is 48.5 Å². The SMILES string of the molecule is COC(=O)CNC(=O)CNC(=O)CNC(=S)NCc1ccc(Cn2c(C)nc3c(N)nc4ccccc4c32)cc1. The van der Waals surface area contributed by atoms with Gasteiger partial charge in [0.1, 0.15) is 17.9 Å². The van der Waals surface area contributed by atoms with Gasteiger partial charge in [-0.3, -0.25) is 14.4 Å². The Kier molecular flexibility index (Phi) is 9.07. The van der Waals surface area contributed by atoms with Crippen molar-refractivity contribution in [3.63, 3.8) is 0 Å². The van der Waals surface area contributed by atoms with Crippen LogP contribution in [0, 0.1) is 6.92 Å². The first-order valence-corrected chi connectivity index (χ1v) is 12.9. The molecule has 4 aromatic rings. The van der Waals surface area contributed by atoms with Gasteiger partial charge in [-0.15, -0.1) is 0 Å². The molecule has 6 N–H and O–H groups in total. The molecule has 0 saturated heterocycles. The molecule has 0 aliphatic heterocycles. The Bertz CT molecular complexity index is 1570. The Balaban J connectivity index is 1.27. The van der Waals surface area contributed by atoms with Gasteiger partial charge in [0.05, 0.1) is 31.2 Å². The van der Waals surface area contributed by atoms with Gasteiger partial charge in [0.25, 0.3) is 0 Å². The molecule has 0 fully saturated rings. The number of hydrogen-bond donors (Lipinski definition) is 5. The number of amides is 2. The second-order valence-electron chi connectivity index (χ2n) is 8.94. The van der Waals surface area contributed by atoms with Gasteiger partial charge in [-0.05, 0) is 36.3 Å². The number of aromatic nitrogens is 3. The summed E-state index contributed by atoms with van der Waals surface area (Å²) in [5, 5.41) is 11.9. The molecule has 0 atom stereocenters. The molecular weight excluding hydrogens is 532 g/mol. The third kappa shape index (κ3) is 6.99. The van der Waals surface area contributed by atoms with Crippen LogP contribution in [0.2, 0.25) is 0 Å². The number of imidazole rings is 1. The van der Waals surface area contributed by atoms with Crippen molar-refractivity contribution >= 4 is 62.9 Å². The van der Waals surface area contributed by atoms with Gasteiger partial charge in [0.2, 0.25) is 11.8 Å². The number of methoxy groups -OCH3 is 1. The maximum absolute atomic E-state index is 11.9. The minimum Gasteiger partial charge on any atom is -0.468 e. The largest absolute Gasteiger partial charge is 0.468 e. The molecule has 0 aliphatic carbocycles. The second-order valence-corrected chi connectivity index (χ2v) is 9.35. The smallest absolute Gasteiger partial charge is 0.325 e. The van der Waals surface area contributed by atoms with Crippen molar-refractivity contribution < 1.29 is 19.1 Å². The van der Waals surface area contributed by atoms with Crippen LogP contribution >= 0.6 is 12.2 Å². The number of esters is 1. The average Bonchev–Trinajstić information content (AvgIpc) is 3.29. The second kappa shape index (κ2) is 12.8. The fraction of sp³-hybridized carbons (Fsp3) is 0.259. The summed E-state index contributed by atoms with van der Waals surface area (Å²) in [6.45, 7) is 2.41. The van der Waals surface area contributed by atoms with Gasteiger partial charge in [-0.25, -0.2) is 9.97 Å². The lowest BCUT2D eigenvalue weighted by Crippen LogP contribution is -2.44. The number of rotatable bonds is 10. The Morgan fingerprint density at radius 1 is 0.900 bits per heavy atom. The number of aryl methyl sites for hydroxylation is 1. The summed E-state index contributed by atoms with van der Waals surface area (Å²) in [7, 11) is 1.22. The van der Waals surface area contributed by atoms with Gasteiger partial charge < -0.3 is 36.3 Å². The number of carbonyl (C=O) groups excluding carboxylic acids is 3. The highest BCUT2D eigenvalue weighted by Gasteiger charge is 2.15. The van der Waals surface area contributed by atoms with E-state index in [1.54, 1.807) is 0 Å². The average molecular weight is 563 g/mol. The van der Waals surface area contributed by atoms with Gasteiger partial charge >= 0.3 is 5.97 Å². The highest BCUT2D eigenvalue weighted by atomic mass is 32.1. The third-order valence-corrected chi connectivity index (χ3v) is 6.42. The fourth-order valence-corrected chi connectivity index (χ4v) is 4.21. The van der Waals surface area contributed by atoms with Crippen LogP contribution in [0.4, 0.5) is 5.82 Å². The van der Waals surface area contributed by atoms with E-state index in [4.69, 9.17) is 18.0 Å². The molecule has 12 nitrogen and oxygen atoms in total. The number of pyridine rings is 1. The number of nitrogen functional groups attached to an aromatic ring is 1. The molecule has 2 aromatic heterocycles. The standard InChI is InChI=1S/C27H30N8O4S/c1-16-33-24-25(19-5-3-4-6-20(19)34-26(24)28)35(16)15-18-9-7-17(8-10-18)11-31-27(40)32-13-22(37)29-12-21(36)30-14-23(38)39-2/h3-10H,11-15H2,1-2H3,(H2,28,34)(H,29,37)(H,30,36)(H2,31,32,40). The van der Waals surface area contributed by atoms with Crippen LogP contribution in [-0.2, 0) is 32.2 Å². The van der Waals surface area contributed by atoms with Gasteiger partial charge in [0.15, 0.2) is 10.9 Å². The molecule has 0 saturated carbocycles. The molecule has 2 amide bonds. The van der Waals surface area contributed by atoms with Crippen molar-refractivity contribution in [3.8, 4) is 0 Å². The number of nitrogens with zero attached hydrogens (tertiary/aromatic N) is 3. The molecule has 13 heteroatoms. The van der Waals surface area contributed by atoms with Gasteiger partial charge in [0, 0.05) is 18.5 Å². The van der Waals surface area contributed by atoms with E-state index in [1.165, 1.54) is 7.11 Å². The normalized spacial score (nSPS) is 10.8. The first-order chi connectivity index (χ1) is 19.2. The minimum absolute atomic E-state index is 0.109. The number of carbonyl (C=O) groups is 3. The van der Waals surface area contributed by atoms with E-state index in [-0.39, 0.29) is 19.6 Å². The number of para-hydroxylation sites is 1. The summed E-state index contributed by atoms with van der Waals surface area (Å²) in [5.41, 5.74) is 10.8. The Morgan fingerprint density at radius 2 is 1.55 bits per heavy atom. The zero-order chi connectivity index (χ0) is 28.6. The molecule has 0 bridgehead atoms. The van der Waals surface area contributed by atoms with Gasteiger partial charge in [-0.2, -0.15) is 0 Å². The van der Waals surface area contributed by atoms with Gasteiger partial charge in [-0.1, -0.05) is 42.5 Å². The quantitative estimate of drug-likeness (QED) is 0.138. The molecular formula is C27H30N8O4S. The number of fused-ring (bicyclic) bond motifs is 3. The van der Waals surface area contributed by atoms with Crippen molar-refractivity contribution in [1.82, 2.24) is 35.8 Å². The summed E-state index contributed by atoms with van der Waals surface area (Å²) in [6.07, 6.45) is 0. The predicted octanol–water partition coefficient (Wildman–Crippen LogP) is 0.893. The Labute approximate surface area is 235 Å². The van der Waals surface area contributed by atoms with Crippen LogP contribution in [0.1, 0.15) is 17.0 Å². The van der Waals surface area contributed by atoms with Crippen molar-refractivity contribution in [2.75, 3.05) is 32.5 Å². The zero-order valence-electron chi connectivity index (χ0n) is 22.1. The molecule has 40 heavy (non-hydrogen) atoms. The third-order valence-electron chi connectivity index (χ3n) is 6.13. The maximum atomic E-state index is 11.9. The van der Waals surface area contributed by atoms with Crippen molar-refractivity contribution in [3.05, 3.63) is 65.5 Å². The van der Waals surface area contributed by atoms with E-state index in [2.05, 4.69) is 40.5 Å². The maximum Gasteiger partial charge on any atom is 0.325 e. The van der Waals surface area contributed by atoms with E-state index >= 15 is 0 Å². The number of thiocarbonyl (C=S) groups is 1. The molecule has 0 spiro atoms. The van der Waals surface area contributed by atoms with Crippen LogP contribution in [0.25, 0.3) is 21.9 Å². The molecule has 2 heterocycles. The van der Waals surface area contributed by atoms with E-state index in [9.17, 15) is 14.4 Å². The molecule has 0 unspecified atom stereocenters. The van der Waals surface area contributed by atoms with E-state index in [1.807, 2.05) is 55.5 Å². The van der Waals surface area contributed by atoms with Crippen molar-refractivity contribution in [2.24, 2.45) is 0 Å². The van der Waals surface area contributed by atoms with Crippen molar-refractivity contribution in [2.45, 2.75) is 20.0 Å². The topological polar surface area (TPSA) is 165 Å². The minimum atomic E-state index is -0.577. The predicted molar refractivity (Wildman–Crippen MR) is 155 cm³/mol. The summed E-state index contributed by atoms with van der Waals surface area (Å²) in [5.74, 6) is -0.234. The van der Waals surface area contributed by atoms with Crippen LogP contribution in [-0.4, -0.2) is 64.2 Å². The van der Waals surface area contributed by atoms with E-state index in [0.29, 0.717) is 29.5 Å². The summed E-state index contributed by atoms with van der Waals surface area (Å²) < 4.78 is 6.57. The number of anilines is 1. The number of nitrogens with one attached hydrogen (secondary N) is 4. The summed E-state index contributed by atoms with van der Waals surface area (Å²) in [4.78, 5) is 43.7. The Hall–Kier alpha value is -4.78. The van der Waals surface area contributed by atoms with Crippen molar-refractivity contribution in [1.29, 1.82) is 0 Å². The zero-order valence-corrected chi connectivity index (χ0v) is 22.9. The number of ether oxygens (including phenoxy) is 1. The molecule has 0 radical (unpaired) electrons. The molecule has 208 valence electrons. The lowest BCUT2D eigenvalue weighted by atomic mass is 10.1. The number of nitrogens with two attached hydrogens (primary N) is 1. The summed E-state index contributed by atoms with van der Waals surface area (Å²) >= 11 is 5.24. The fourth-order valence-electron chi connectivity index (χ4n) is 4.06. The lowest BCUT2D eigenvalue weighted by molar-refractivity contribution is -0.141. The lowest BCUT2D eigenvalue weighted by Gasteiger charge is -2.12.